The first-order valence-corrected chi connectivity index (χ1v) is 4.86. The third-order valence-corrected chi connectivity index (χ3v) is 2.02. The maximum atomic E-state index is 11.1. The highest BCUT2D eigenvalue weighted by molar-refractivity contribution is 5.85. The molecule has 4 nitrogen and oxygen atoms in total. The van der Waals surface area contributed by atoms with Crippen LogP contribution in [0.2, 0.25) is 0 Å². The highest BCUT2D eigenvalue weighted by Gasteiger charge is 2.04. The van der Waals surface area contributed by atoms with E-state index in [0.29, 0.717) is 25.1 Å². The van der Waals surface area contributed by atoms with Crippen molar-refractivity contribution in [3.8, 4) is 5.75 Å². The van der Waals surface area contributed by atoms with Crippen LogP contribution in [0, 0.1) is 0 Å². The number of carbonyl (C=O) groups is 1. The van der Waals surface area contributed by atoms with Gasteiger partial charge in [-0.25, -0.2) is 0 Å². The molecule has 0 saturated carbocycles. The number of halogens is 1. The van der Waals surface area contributed by atoms with Gasteiger partial charge in [0.25, 0.3) is 0 Å². The summed E-state index contributed by atoms with van der Waals surface area (Å²) in [7, 11) is 0. The number of anilines is 1. The van der Waals surface area contributed by atoms with Crippen LogP contribution in [-0.2, 0) is 16.0 Å². The fourth-order valence-electron chi connectivity index (χ4n) is 1.24. The summed E-state index contributed by atoms with van der Waals surface area (Å²) in [5.74, 6) is -0.154. The molecule has 0 saturated heterocycles. The van der Waals surface area contributed by atoms with Crippen molar-refractivity contribution in [1.29, 1.82) is 0 Å². The van der Waals surface area contributed by atoms with E-state index in [4.69, 9.17) is 10.5 Å². The van der Waals surface area contributed by atoms with Crippen molar-refractivity contribution in [1.82, 2.24) is 0 Å². The van der Waals surface area contributed by atoms with Crippen LogP contribution in [0.25, 0.3) is 0 Å². The zero-order valence-corrected chi connectivity index (χ0v) is 9.92. The van der Waals surface area contributed by atoms with Crippen molar-refractivity contribution in [2.75, 3.05) is 12.3 Å². The molecular formula is C11H16ClNO3. The molecule has 0 unspecified atom stereocenters. The van der Waals surface area contributed by atoms with Gasteiger partial charge in [-0.1, -0.05) is 6.07 Å². The lowest BCUT2D eigenvalue weighted by Gasteiger charge is -2.04. The lowest BCUT2D eigenvalue weighted by Crippen LogP contribution is -2.05. The van der Waals surface area contributed by atoms with Gasteiger partial charge in [0.15, 0.2) is 0 Å². The number of hydrogen-bond acceptors (Lipinski definition) is 4. The molecule has 1 aromatic rings. The molecule has 0 heterocycles. The predicted molar refractivity (Wildman–Crippen MR) is 64.7 cm³/mol. The molecule has 3 N–H and O–H groups in total. The molecule has 0 radical (unpaired) electrons. The number of nitrogen functional groups attached to an aromatic ring is 1. The molecule has 16 heavy (non-hydrogen) atoms. The average Bonchev–Trinajstić information content (AvgIpc) is 2.20. The van der Waals surface area contributed by atoms with Crippen molar-refractivity contribution in [3.63, 3.8) is 0 Å². The lowest BCUT2D eigenvalue weighted by atomic mass is 10.1. The van der Waals surface area contributed by atoms with Crippen LogP contribution < -0.4 is 5.73 Å². The Bertz CT molecular complexity index is 355. The average molecular weight is 246 g/mol. The van der Waals surface area contributed by atoms with Crippen LogP contribution in [0.3, 0.4) is 0 Å². The van der Waals surface area contributed by atoms with Gasteiger partial charge in [-0.05, 0) is 31.0 Å². The second-order valence-electron chi connectivity index (χ2n) is 3.20. The van der Waals surface area contributed by atoms with Crippen molar-refractivity contribution in [2.45, 2.75) is 19.8 Å². The number of ether oxygens (including phenoxy) is 1. The largest absolute Gasteiger partial charge is 0.506 e. The van der Waals surface area contributed by atoms with E-state index in [1.54, 1.807) is 19.1 Å². The zero-order valence-electron chi connectivity index (χ0n) is 9.10. The third kappa shape index (κ3) is 4.40. The van der Waals surface area contributed by atoms with Gasteiger partial charge in [-0.2, -0.15) is 0 Å². The molecule has 90 valence electrons. The van der Waals surface area contributed by atoms with Crippen LogP contribution in [-0.4, -0.2) is 17.7 Å². The standard InChI is InChI=1S/C11H15NO3.ClH/c1-2-15-11(14)6-4-8-3-5-10(13)9(12)7-8;/h3,5,7,13H,2,4,6,12H2,1H3;1H. The Morgan fingerprint density at radius 2 is 2.19 bits per heavy atom. The minimum atomic E-state index is -0.218. The molecule has 0 fully saturated rings. The molecule has 0 bridgehead atoms. The van der Waals surface area contributed by atoms with Crippen molar-refractivity contribution < 1.29 is 14.6 Å². The number of phenols is 1. The number of aryl methyl sites for hydroxylation is 1. The van der Waals surface area contributed by atoms with E-state index >= 15 is 0 Å². The fourth-order valence-corrected chi connectivity index (χ4v) is 1.24. The Morgan fingerprint density at radius 1 is 1.50 bits per heavy atom. The highest BCUT2D eigenvalue weighted by atomic mass is 35.5. The Labute approximate surface area is 101 Å². The second-order valence-corrected chi connectivity index (χ2v) is 3.20. The number of carbonyl (C=O) groups excluding carboxylic acids is 1. The van der Waals surface area contributed by atoms with Gasteiger partial charge < -0.3 is 15.6 Å². The first kappa shape index (κ1) is 14.6. The third-order valence-electron chi connectivity index (χ3n) is 2.02. The predicted octanol–water partition coefficient (Wildman–Crippen LogP) is 1.89. The van der Waals surface area contributed by atoms with Gasteiger partial charge in [0, 0.05) is 6.42 Å². The summed E-state index contributed by atoms with van der Waals surface area (Å²) < 4.78 is 4.80. The van der Waals surface area contributed by atoms with Crippen molar-refractivity contribution >= 4 is 24.1 Å². The SMILES string of the molecule is CCOC(=O)CCc1ccc(O)c(N)c1.Cl. The zero-order chi connectivity index (χ0) is 11.3. The maximum absolute atomic E-state index is 11.1. The van der Waals surface area contributed by atoms with Crippen molar-refractivity contribution in [3.05, 3.63) is 23.8 Å². The fraction of sp³-hybridized carbons (Fsp3) is 0.364. The first-order valence-electron chi connectivity index (χ1n) is 4.86. The Balaban J connectivity index is 0.00000225. The van der Waals surface area contributed by atoms with E-state index in [1.165, 1.54) is 6.07 Å². The molecule has 0 spiro atoms. The van der Waals surface area contributed by atoms with Gasteiger partial charge in [-0.3, -0.25) is 4.79 Å². The summed E-state index contributed by atoms with van der Waals surface area (Å²) >= 11 is 0. The minimum Gasteiger partial charge on any atom is -0.506 e. The van der Waals surface area contributed by atoms with Crippen LogP contribution in [0.4, 0.5) is 5.69 Å². The van der Waals surface area contributed by atoms with Crippen LogP contribution >= 0.6 is 12.4 Å². The molecular weight excluding hydrogens is 230 g/mol. The number of rotatable bonds is 4. The number of aromatic hydroxyl groups is 1. The summed E-state index contributed by atoms with van der Waals surface area (Å²) in [6.45, 7) is 2.17. The van der Waals surface area contributed by atoms with Crippen molar-refractivity contribution in [2.24, 2.45) is 0 Å². The molecule has 1 rings (SSSR count). The smallest absolute Gasteiger partial charge is 0.306 e. The Morgan fingerprint density at radius 3 is 2.75 bits per heavy atom. The number of hydrogen-bond donors (Lipinski definition) is 2. The summed E-state index contributed by atoms with van der Waals surface area (Å²) in [6.07, 6.45) is 0.904. The highest BCUT2D eigenvalue weighted by Crippen LogP contribution is 2.21. The summed E-state index contributed by atoms with van der Waals surface area (Å²) in [6, 6.07) is 4.93. The van der Waals surface area contributed by atoms with E-state index in [0.717, 1.165) is 5.56 Å². The van der Waals surface area contributed by atoms with Gasteiger partial charge in [0.2, 0.25) is 0 Å². The normalized spacial score (nSPS) is 9.31. The molecule has 0 aromatic heterocycles. The maximum Gasteiger partial charge on any atom is 0.306 e. The number of benzene rings is 1. The topological polar surface area (TPSA) is 72.5 Å². The monoisotopic (exact) mass is 245 g/mol. The molecule has 1 aromatic carbocycles. The van der Waals surface area contributed by atoms with E-state index < -0.39 is 0 Å². The van der Waals surface area contributed by atoms with Crippen LogP contribution in [0.1, 0.15) is 18.9 Å². The second kappa shape index (κ2) is 6.95. The summed E-state index contributed by atoms with van der Waals surface area (Å²) in [5.41, 5.74) is 6.76. The van der Waals surface area contributed by atoms with Gasteiger partial charge in [-0.15, -0.1) is 12.4 Å². The summed E-state index contributed by atoms with van der Waals surface area (Å²) in [4.78, 5) is 11.1. The Kier molecular flexibility index (Phi) is 6.34. The van der Waals surface area contributed by atoms with Gasteiger partial charge in [0.1, 0.15) is 5.75 Å². The molecule has 0 aliphatic heterocycles. The van der Waals surface area contributed by atoms with E-state index in [-0.39, 0.29) is 24.1 Å². The first-order chi connectivity index (χ1) is 7.13. The molecule has 0 atom stereocenters. The number of esters is 1. The molecule has 0 amide bonds. The van der Waals surface area contributed by atoms with E-state index in [9.17, 15) is 9.90 Å². The van der Waals surface area contributed by atoms with Crippen LogP contribution in [0.5, 0.6) is 5.75 Å². The van der Waals surface area contributed by atoms with Crippen LogP contribution in [0.15, 0.2) is 18.2 Å². The van der Waals surface area contributed by atoms with E-state index in [2.05, 4.69) is 0 Å². The Hall–Kier alpha value is -1.42. The number of nitrogens with two attached hydrogens (primary N) is 1. The lowest BCUT2D eigenvalue weighted by molar-refractivity contribution is -0.143. The molecule has 0 aliphatic carbocycles. The summed E-state index contributed by atoms with van der Waals surface area (Å²) in [5, 5.41) is 9.19. The quantitative estimate of drug-likeness (QED) is 0.483. The van der Waals surface area contributed by atoms with Gasteiger partial charge in [0.05, 0.1) is 12.3 Å². The van der Waals surface area contributed by atoms with Gasteiger partial charge >= 0.3 is 5.97 Å². The number of phenolic OH excluding ortho intramolecular Hbond substituents is 1. The minimum absolute atomic E-state index is 0. The molecule has 0 aliphatic rings. The van der Waals surface area contributed by atoms with E-state index in [1.807, 2.05) is 0 Å². The molecule has 5 heteroatoms.